The number of piperidine rings is 1. The van der Waals surface area contributed by atoms with Crippen LogP contribution in [0.15, 0.2) is 0 Å². The molecule has 112 valence electrons. The van der Waals surface area contributed by atoms with Gasteiger partial charge < -0.3 is 20.6 Å². The van der Waals surface area contributed by atoms with Crippen molar-refractivity contribution in [2.75, 3.05) is 19.6 Å². The first-order valence-electron chi connectivity index (χ1n) is 7.11. The summed E-state index contributed by atoms with van der Waals surface area (Å²) in [6, 6.07) is 0.0480. The number of likely N-dealkylation sites (tertiary alicyclic amines) is 1. The van der Waals surface area contributed by atoms with E-state index in [0.29, 0.717) is 25.4 Å². The van der Waals surface area contributed by atoms with E-state index in [2.05, 4.69) is 10.6 Å². The predicted octanol–water partition coefficient (Wildman–Crippen LogP) is 0.161. The molecule has 2 rings (SSSR count). The fourth-order valence-corrected chi connectivity index (χ4v) is 2.29. The maximum atomic E-state index is 11.9. The summed E-state index contributed by atoms with van der Waals surface area (Å²) in [6.07, 6.45) is 3.67. The molecule has 2 aliphatic rings. The minimum Gasteiger partial charge on any atom is -0.481 e. The van der Waals surface area contributed by atoms with Crippen molar-refractivity contribution in [3.8, 4) is 0 Å². The van der Waals surface area contributed by atoms with Crippen molar-refractivity contribution in [2.45, 2.75) is 38.1 Å². The lowest BCUT2D eigenvalue weighted by Crippen LogP contribution is -2.47. The van der Waals surface area contributed by atoms with Crippen LogP contribution in [0.4, 0.5) is 4.79 Å². The Hall–Kier alpha value is -1.79. The molecule has 20 heavy (non-hydrogen) atoms. The van der Waals surface area contributed by atoms with E-state index in [1.165, 1.54) is 4.90 Å². The van der Waals surface area contributed by atoms with Crippen LogP contribution < -0.4 is 10.6 Å². The molecule has 3 amide bonds. The van der Waals surface area contributed by atoms with Gasteiger partial charge in [-0.25, -0.2) is 4.79 Å². The number of amides is 3. The van der Waals surface area contributed by atoms with Crippen molar-refractivity contribution in [3.63, 3.8) is 0 Å². The first-order chi connectivity index (χ1) is 9.56. The summed E-state index contributed by atoms with van der Waals surface area (Å²) in [6.45, 7) is 1.10. The van der Waals surface area contributed by atoms with E-state index in [1.54, 1.807) is 0 Å². The van der Waals surface area contributed by atoms with Gasteiger partial charge in [0.15, 0.2) is 0 Å². The Balaban J connectivity index is 1.65. The molecular formula is C13H21N3O4. The number of carbonyl (C=O) groups is 3. The van der Waals surface area contributed by atoms with Gasteiger partial charge in [0.25, 0.3) is 0 Å². The monoisotopic (exact) mass is 283 g/mol. The Bertz CT molecular complexity index is 395. The molecule has 0 radical (unpaired) electrons. The number of hydrogen-bond donors (Lipinski definition) is 3. The summed E-state index contributed by atoms with van der Waals surface area (Å²) in [4.78, 5) is 35.7. The zero-order chi connectivity index (χ0) is 14.5. The zero-order valence-corrected chi connectivity index (χ0v) is 11.4. The fraction of sp³-hybridized carbons (Fsp3) is 0.769. The molecular weight excluding hydrogens is 262 g/mol. The Morgan fingerprint density at radius 2 is 1.95 bits per heavy atom. The summed E-state index contributed by atoms with van der Waals surface area (Å²) in [5, 5.41) is 14.5. The van der Waals surface area contributed by atoms with Crippen LogP contribution in [0.1, 0.15) is 32.1 Å². The third kappa shape index (κ3) is 4.40. The van der Waals surface area contributed by atoms with Gasteiger partial charge >= 0.3 is 12.0 Å². The molecule has 1 heterocycles. The van der Waals surface area contributed by atoms with Gasteiger partial charge in [-0.15, -0.1) is 0 Å². The average Bonchev–Trinajstić information content (AvgIpc) is 3.22. The van der Waals surface area contributed by atoms with Crippen molar-refractivity contribution in [1.82, 2.24) is 15.5 Å². The van der Waals surface area contributed by atoms with Crippen molar-refractivity contribution >= 4 is 17.9 Å². The molecule has 0 aromatic rings. The lowest BCUT2D eigenvalue weighted by molar-refractivity contribution is -0.143. The van der Waals surface area contributed by atoms with Crippen molar-refractivity contribution in [3.05, 3.63) is 0 Å². The van der Waals surface area contributed by atoms with Crippen molar-refractivity contribution < 1.29 is 19.5 Å². The van der Waals surface area contributed by atoms with Crippen LogP contribution in [0.5, 0.6) is 0 Å². The summed E-state index contributed by atoms with van der Waals surface area (Å²) in [7, 11) is 0. The topological polar surface area (TPSA) is 98.7 Å². The van der Waals surface area contributed by atoms with E-state index in [4.69, 9.17) is 5.11 Å². The van der Waals surface area contributed by atoms with Crippen LogP contribution in [0.2, 0.25) is 0 Å². The maximum absolute atomic E-state index is 11.9. The number of carbonyl (C=O) groups excluding carboxylic acids is 2. The smallest absolute Gasteiger partial charge is 0.317 e. The molecule has 1 saturated heterocycles. The van der Waals surface area contributed by atoms with E-state index in [9.17, 15) is 14.4 Å². The van der Waals surface area contributed by atoms with Crippen LogP contribution in [0.3, 0.4) is 0 Å². The van der Waals surface area contributed by atoms with Crippen molar-refractivity contribution in [2.24, 2.45) is 5.92 Å². The second kappa shape index (κ2) is 6.58. The number of aliphatic carboxylic acids is 1. The molecule has 0 aromatic heterocycles. The molecule has 1 atom stereocenters. The second-order valence-corrected chi connectivity index (χ2v) is 5.45. The molecule has 0 bridgehead atoms. The average molecular weight is 283 g/mol. The number of hydrogen-bond acceptors (Lipinski definition) is 3. The maximum Gasteiger partial charge on any atom is 0.317 e. The second-order valence-electron chi connectivity index (χ2n) is 5.45. The van der Waals surface area contributed by atoms with Crippen molar-refractivity contribution in [1.29, 1.82) is 0 Å². The molecule has 2 fully saturated rings. The zero-order valence-electron chi connectivity index (χ0n) is 11.4. The Morgan fingerprint density at radius 1 is 1.20 bits per heavy atom. The highest BCUT2D eigenvalue weighted by Crippen LogP contribution is 2.18. The van der Waals surface area contributed by atoms with Gasteiger partial charge in [0, 0.05) is 32.1 Å². The lowest BCUT2D eigenvalue weighted by atomic mass is 9.99. The van der Waals surface area contributed by atoms with E-state index in [1.807, 2.05) is 0 Å². The minimum atomic E-state index is -0.855. The fourth-order valence-electron chi connectivity index (χ4n) is 2.29. The number of carboxylic acids is 1. The molecule has 1 saturated carbocycles. The van der Waals surface area contributed by atoms with Crippen LogP contribution in [-0.4, -0.2) is 53.6 Å². The van der Waals surface area contributed by atoms with Gasteiger partial charge in [-0.2, -0.15) is 0 Å². The van der Waals surface area contributed by atoms with Crippen LogP contribution in [-0.2, 0) is 9.59 Å². The van der Waals surface area contributed by atoms with E-state index < -0.39 is 11.9 Å². The number of nitrogens with zero attached hydrogens (tertiary/aromatic N) is 1. The van der Waals surface area contributed by atoms with Crippen LogP contribution in [0.25, 0.3) is 0 Å². The van der Waals surface area contributed by atoms with Gasteiger partial charge in [-0.05, 0) is 25.7 Å². The molecule has 3 N–H and O–H groups in total. The van der Waals surface area contributed by atoms with Gasteiger partial charge in [0.2, 0.25) is 5.91 Å². The highest BCUT2D eigenvalue weighted by molar-refractivity contribution is 5.79. The normalized spacial score (nSPS) is 22.2. The number of rotatable bonds is 5. The quantitative estimate of drug-likeness (QED) is 0.669. The van der Waals surface area contributed by atoms with Crippen LogP contribution >= 0.6 is 0 Å². The van der Waals surface area contributed by atoms with Gasteiger partial charge in [-0.1, -0.05) is 0 Å². The number of nitrogens with one attached hydrogen (secondary N) is 2. The lowest BCUT2D eigenvalue weighted by Gasteiger charge is -2.30. The first kappa shape index (κ1) is 14.6. The van der Waals surface area contributed by atoms with Gasteiger partial charge in [-0.3, -0.25) is 9.59 Å². The molecule has 0 unspecified atom stereocenters. The van der Waals surface area contributed by atoms with Crippen LogP contribution in [0, 0.1) is 5.92 Å². The Labute approximate surface area is 117 Å². The van der Waals surface area contributed by atoms with E-state index in [-0.39, 0.29) is 31.4 Å². The predicted molar refractivity (Wildman–Crippen MR) is 71.1 cm³/mol. The number of carboxylic acid groups (broad SMARTS) is 1. The molecule has 0 aromatic carbocycles. The third-order valence-electron chi connectivity index (χ3n) is 3.63. The largest absolute Gasteiger partial charge is 0.481 e. The Morgan fingerprint density at radius 3 is 2.60 bits per heavy atom. The van der Waals surface area contributed by atoms with Gasteiger partial charge in [0.05, 0.1) is 5.92 Å². The molecule has 1 aliphatic carbocycles. The van der Waals surface area contributed by atoms with E-state index >= 15 is 0 Å². The first-order valence-corrected chi connectivity index (χ1v) is 7.11. The standard InChI is InChI=1S/C13H21N3O4/c17-11(15-10-3-4-10)5-6-14-13(20)16-7-1-2-9(8-16)12(18)19/h9-10H,1-8H2,(H,14,20)(H,15,17)(H,18,19)/t9-/m1/s1. The summed E-state index contributed by atoms with van der Waals surface area (Å²) >= 11 is 0. The third-order valence-corrected chi connectivity index (χ3v) is 3.63. The summed E-state index contributed by atoms with van der Waals surface area (Å²) < 4.78 is 0. The molecule has 0 spiro atoms. The molecule has 1 aliphatic heterocycles. The van der Waals surface area contributed by atoms with E-state index in [0.717, 1.165) is 12.8 Å². The summed E-state index contributed by atoms with van der Waals surface area (Å²) in [5.74, 6) is -1.38. The Kier molecular flexibility index (Phi) is 4.81. The highest BCUT2D eigenvalue weighted by atomic mass is 16.4. The summed E-state index contributed by atoms with van der Waals surface area (Å²) in [5.41, 5.74) is 0. The SMILES string of the molecule is O=C(CCNC(=O)N1CCC[C@@H](C(=O)O)C1)NC1CC1. The number of urea groups is 1. The highest BCUT2D eigenvalue weighted by Gasteiger charge is 2.28. The van der Waals surface area contributed by atoms with Gasteiger partial charge in [0.1, 0.15) is 0 Å². The minimum absolute atomic E-state index is 0.0464. The molecule has 7 heteroatoms. The molecule has 7 nitrogen and oxygen atoms in total.